The first kappa shape index (κ1) is 20.4. The number of benzene rings is 1. The second-order valence-corrected chi connectivity index (χ2v) is 8.22. The maximum atomic E-state index is 12.5. The number of rotatable bonds is 5. The van der Waals surface area contributed by atoms with Crippen LogP contribution in [0.25, 0.3) is 10.9 Å². The highest BCUT2D eigenvalue weighted by Gasteiger charge is 2.38. The molecule has 154 valence electrons. The summed E-state index contributed by atoms with van der Waals surface area (Å²) >= 11 is 0. The predicted octanol–water partition coefficient (Wildman–Crippen LogP) is 4.15. The SMILES string of the molecule is Cc1oc(C(C)(Cc2c[nH]c3ccccc23)NC(=O)OC(C)(C)C)nc1C(=O)O. The van der Waals surface area contributed by atoms with Crippen molar-refractivity contribution in [2.24, 2.45) is 0 Å². The molecule has 1 aromatic carbocycles. The fraction of sp³-hybridized carbons (Fsp3) is 0.381. The average molecular weight is 399 g/mol. The highest BCUT2D eigenvalue weighted by atomic mass is 16.6. The van der Waals surface area contributed by atoms with Crippen molar-refractivity contribution < 1.29 is 23.8 Å². The van der Waals surface area contributed by atoms with Gasteiger partial charge in [0, 0.05) is 23.5 Å². The van der Waals surface area contributed by atoms with E-state index in [1.807, 2.05) is 30.5 Å². The second kappa shape index (κ2) is 7.27. The van der Waals surface area contributed by atoms with Gasteiger partial charge in [-0.05, 0) is 46.2 Å². The molecule has 0 bridgehead atoms. The van der Waals surface area contributed by atoms with E-state index in [0.29, 0.717) is 6.42 Å². The van der Waals surface area contributed by atoms with Gasteiger partial charge in [0.15, 0.2) is 5.69 Å². The van der Waals surface area contributed by atoms with Crippen LogP contribution in [0.1, 0.15) is 55.4 Å². The van der Waals surface area contributed by atoms with Crippen LogP contribution in [0.2, 0.25) is 0 Å². The molecular weight excluding hydrogens is 374 g/mol. The van der Waals surface area contributed by atoms with Crippen LogP contribution in [0, 0.1) is 6.92 Å². The Morgan fingerprint density at radius 2 is 1.93 bits per heavy atom. The van der Waals surface area contributed by atoms with Crippen LogP contribution in [0.15, 0.2) is 34.9 Å². The molecular formula is C21H25N3O5. The van der Waals surface area contributed by atoms with E-state index < -0.39 is 23.2 Å². The molecule has 8 nitrogen and oxygen atoms in total. The lowest BCUT2D eigenvalue weighted by atomic mass is 9.92. The van der Waals surface area contributed by atoms with Crippen LogP contribution < -0.4 is 5.32 Å². The minimum Gasteiger partial charge on any atom is -0.476 e. The normalized spacial score (nSPS) is 13.8. The van der Waals surface area contributed by atoms with Crippen molar-refractivity contribution in [3.8, 4) is 0 Å². The summed E-state index contributed by atoms with van der Waals surface area (Å²) in [6.07, 6.45) is 1.52. The zero-order chi connectivity index (χ0) is 21.4. The molecule has 1 unspecified atom stereocenters. The van der Waals surface area contributed by atoms with Crippen molar-refractivity contribution in [2.45, 2.75) is 52.2 Å². The number of H-pyrrole nitrogens is 1. The van der Waals surface area contributed by atoms with Gasteiger partial charge in [-0.15, -0.1) is 0 Å². The molecule has 2 heterocycles. The fourth-order valence-corrected chi connectivity index (χ4v) is 3.19. The highest BCUT2D eigenvalue weighted by molar-refractivity contribution is 5.86. The van der Waals surface area contributed by atoms with Crippen molar-refractivity contribution >= 4 is 23.0 Å². The van der Waals surface area contributed by atoms with Crippen LogP contribution in [-0.2, 0) is 16.7 Å². The van der Waals surface area contributed by atoms with Crippen LogP contribution >= 0.6 is 0 Å². The van der Waals surface area contributed by atoms with Gasteiger partial charge in [-0.1, -0.05) is 18.2 Å². The van der Waals surface area contributed by atoms with E-state index in [1.54, 1.807) is 27.7 Å². The minimum absolute atomic E-state index is 0.101. The van der Waals surface area contributed by atoms with E-state index in [4.69, 9.17) is 9.15 Å². The van der Waals surface area contributed by atoms with Crippen molar-refractivity contribution in [3.63, 3.8) is 0 Å². The lowest BCUT2D eigenvalue weighted by molar-refractivity contribution is 0.0442. The number of carboxylic acid groups (broad SMARTS) is 1. The number of carbonyl (C=O) groups is 2. The molecule has 29 heavy (non-hydrogen) atoms. The number of hydrogen-bond donors (Lipinski definition) is 3. The van der Waals surface area contributed by atoms with E-state index in [9.17, 15) is 14.7 Å². The Kier molecular flexibility index (Phi) is 5.13. The van der Waals surface area contributed by atoms with Gasteiger partial charge in [-0.3, -0.25) is 0 Å². The van der Waals surface area contributed by atoms with Crippen molar-refractivity contribution in [3.05, 3.63) is 53.4 Å². The summed E-state index contributed by atoms with van der Waals surface area (Å²) in [5, 5.41) is 13.2. The van der Waals surface area contributed by atoms with Crippen LogP contribution in [0.5, 0.6) is 0 Å². The van der Waals surface area contributed by atoms with Gasteiger partial charge < -0.3 is 24.6 Å². The van der Waals surface area contributed by atoms with Crippen LogP contribution in [0.4, 0.5) is 4.79 Å². The maximum absolute atomic E-state index is 12.5. The monoisotopic (exact) mass is 399 g/mol. The number of hydrogen-bond acceptors (Lipinski definition) is 5. The first-order valence-corrected chi connectivity index (χ1v) is 9.26. The molecule has 1 atom stereocenters. The number of alkyl carbamates (subject to hydrolysis) is 1. The number of para-hydroxylation sites is 1. The number of aryl methyl sites for hydroxylation is 1. The van der Waals surface area contributed by atoms with Gasteiger partial charge in [0.25, 0.3) is 0 Å². The molecule has 0 spiro atoms. The number of amides is 1. The zero-order valence-electron chi connectivity index (χ0n) is 17.1. The summed E-state index contributed by atoms with van der Waals surface area (Å²) in [5.74, 6) is -0.920. The van der Waals surface area contributed by atoms with Gasteiger partial charge in [0.2, 0.25) is 5.89 Å². The standard InChI is InChI=1S/C21H25N3O5/c1-12-16(17(25)26)23-18(28-12)21(5,24-19(27)29-20(2,3)4)10-13-11-22-15-9-7-6-8-14(13)15/h6-9,11,22H,10H2,1-5H3,(H,24,27)(H,25,26). The summed E-state index contributed by atoms with van der Waals surface area (Å²) in [6, 6.07) is 7.78. The summed E-state index contributed by atoms with van der Waals surface area (Å²) in [7, 11) is 0. The maximum Gasteiger partial charge on any atom is 0.408 e. The van der Waals surface area contributed by atoms with Crippen molar-refractivity contribution in [1.29, 1.82) is 0 Å². The molecule has 0 radical (unpaired) electrons. The Hall–Kier alpha value is -3.29. The third-order valence-corrected chi connectivity index (χ3v) is 4.47. The quantitative estimate of drug-likeness (QED) is 0.593. The van der Waals surface area contributed by atoms with E-state index in [-0.39, 0.29) is 17.3 Å². The zero-order valence-corrected chi connectivity index (χ0v) is 17.1. The smallest absolute Gasteiger partial charge is 0.408 e. The highest BCUT2D eigenvalue weighted by Crippen LogP contribution is 2.30. The molecule has 3 N–H and O–H groups in total. The summed E-state index contributed by atoms with van der Waals surface area (Å²) in [6.45, 7) is 8.55. The lowest BCUT2D eigenvalue weighted by Crippen LogP contribution is -2.47. The summed E-state index contributed by atoms with van der Waals surface area (Å²) in [5.41, 5.74) is -0.129. The third kappa shape index (κ3) is 4.42. The minimum atomic E-state index is -1.19. The summed E-state index contributed by atoms with van der Waals surface area (Å²) in [4.78, 5) is 31.3. The van der Waals surface area contributed by atoms with E-state index in [2.05, 4.69) is 15.3 Å². The largest absolute Gasteiger partial charge is 0.476 e. The number of aromatic nitrogens is 2. The predicted molar refractivity (Wildman–Crippen MR) is 107 cm³/mol. The molecule has 1 amide bonds. The summed E-state index contributed by atoms with van der Waals surface area (Å²) < 4.78 is 11.1. The Morgan fingerprint density at radius 3 is 2.55 bits per heavy atom. The number of nitrogens with one attached hydrogen (secondary N) is 2. The number of aromatic carboxylic acids is 1. The molecule has 0 saturated heterocycles. The Bertz CT molecular complexity index is 1060. The molecule has 2 aromatic heterocycles. The van der Waals surface area contributed by atoms with Crippen molar-refractivity contribution in [1.82, 2.24) is 15.3 Å². The van der Waals surface area contributed by atoms with E-state index in [1.165, 1.54) is 6.92 Å². The fourth-order valence-electron chi connectivity index (χ4n) is 3.19. The average Bonchev–Trinajstić information content (AvgIpc) is 3.17. The first-order chi connectivity index (χ1) is 13.5. The van der Waals surface area contributed by atoms with E-state index in [0.717, 1.165) is 16.5 Å². The molecule has 0 fully saturated rings. The van der Waals surface area contributed by atoms with Gasteiger partial charge in [0.05, 0.1) is 0 Å². The van der Waals surface area contributed by atoms with Crippen LogP contribution in [-0.4, -0.2) is 32.7 Å². The number of ether oxygens (including phenoxy) is 1. The topological polar surface area (TPSA) is 117 Å². The second-order valence-electron chi connectivity index (χ2n) is 8.22. The van der Waals surface area contributed by atoms with Gasteiger partial charge in [-0.2, -0.15) is 0 Å². The molecule has 8 heteroatoms. The molecule has 3 aromatic rings. The first-order valence-electron chi connectivity index (χ1n) is 9.26. The number of oxazole rings is 1. The van der Waals surface area contributed by atoms with E-state index >= 15 is 0 Å². The molecule has 0 aliphatic heterocycles. The number of carboxylic acids is 1. The molecule has 0 aliphatic rings. The Labute approximate surface area is 168 Å². The van der Waals surface area contributed by atoms with Gasteiger partial charge in [-0.25, -0.2) is 14.6 Å². The lowest BCUT2D eigenvalue weighted by Gasteiger charge is -2.29. The molecule has 3 rings (SSSR count). The van der Waals surface area contributed by atoms with Crippen LogP contribution in [0.3, 0.4) is 0 Å². The van der Waals surface area contributed by atoms with Gasteiger partial charge >= 0.3 is 12.1 Å². The third-order valence-electron chi connectivity index (χ3n) is 4.47. The molecule has 0 aliphatic carbocycles. The number of carbonyl (C=O) groups excluding carboxylic acids is 1. The number of nitrogens with zero attached hydrogens (tertiary/aromatic N) is 1. The Balaban J connectivity index is 2.02. The van der Waals surface area contributed by atoms with Crippen molar-refractivity contribution in [2.75, 3.05) is 0 Å². The Morgan fingerprint density at radius 1 is 1.24 bits per heavy atom. The number of fused-ring (bicyclic) bond motifs is 1. The van der Waals surface area contributed by atoms with Gasteiger partial charge in [0.1, 0.15) is 16.9 Å². The molecule has 0 saturated carbocycles. The number of aromatic amines is 1.